The SMILES string of the molecule is CCNCCNc1cc(C(C)C)ccc1C. The van der Waals surface area contributed by atoms with E-state index in [-0.39, 0.29) is 0 Å². The highest BCUT2D eigenvalue weighted by Gasteiger charge is 2.02. The summed E-state index contributed by atoms with van der Waals surface area (Å²) in [6, 6.07) is 6.69. The first kappa shape index (κ1) is 13.0. The zero-order valence-electron chi connectivity index (χ0n) is 10.9. The van der Waals surface area contributed by atoms with Crippen LogP contribution in [0.15, 0.2) is 18.2 Å². The van der Waals surface area contributed by atoms with E-state index in [2.05, 4.69) is 56.5 Å². The van der Waals surface area contributed by atoms with E-state index in [1.807, 2.05) is 0 Å². The molecule has 0 aliphatic rings. The van der Waals surface area contributed by atoms with Gasteiger partial charge in [0.1, 0.15) is 0 Å². The molecule has 1 aromatic rings. The fraction of sp³-hybridized carbons (Fsp3) is 0.571. The number of benzene rings is 1. The summed E-state index contributed by atoms with van der Waals surface area (Å²) in [6.45, 7) is 11.8. The Labute approximate surface area is 99.5 Å². The highest BCUT2D eigenvalue weighted by molar-refractivity contribution is 5.53. The molecule has 2 nitrogen and oxygen atoms in total. The van der Waals surface area contributed by atoms with Crippen molar-refractivity contribution < 1.29 is 0 Å². The molecule has 0 aliphatic heterocycles. The molecule has 0 fully saturated rings. The Balaban J connectivity index is 2.60. The third kappa shape index (κ3) is 3.86. The van der Waals surface area contributed by atoms with Crippen molar-refractivity contribution in [3.05, 3.63) is 29.3 Å². The molecule has 0 heterocycles. The summed E-state index contributed by atoms with van der Waals surface area (Å²) >= 11 is 0. The normalized spacial score (nSPS) is 10.8. The van der Waals surface area contributed by atoms with Crippen LogP contribution in [0.5, 0.6) is 0 Å². The van der Waals surface area contributed by atoms with Gasteiger partial charge in [0.2, 0.25) is 0 Å². The average Bonchev–Trinajstić information content (AvgIpc) is 2.26. The molecule has 0 radical (unpaired) electrons. The molecule has 1 aromatic carbocycles. The molecule has 0 saturated heterocycles. The van der Waals surface area contributed by atoms with Gasteiger partial charge >= 0.3 is 0 Å². The number of anilines is 1. The summed E-state index contributed by atoms with van der Waals surface area (Å²) in [6.07, 6.45) is 0. The van der Waals surface area contributed by atoms with Crippen LogP contribution in [0.3, 0.4) is 0 Å². The minimum Gasteiger partial charge on any atom is -0.384 e. The molecule has 16 heavy (non-hydrogen) atoms. The van der Waals surface area contributed by atoms with Gasteiger partial charge in [-0.3, -0.25) is 0 Å². The summed E-state index contributed by atoms with van der Waals surface area (Å²) in [7, 11) is 0. The smallest absolute Gasteiger partial charge is 0.0373 e. The van der Waals surface area contributed by atoms with Crippen LogP contribution in [-0.4, -0.2) is 19.6 Å². The van der Waals surface area contributed by atoms with E-state index in [9.17, 15) is 0 Å². The molecule has 2 N–H and O–H groups in total. The summed E-state index contributed by atoms with van der Waals surface area (Å²) in [4.78, 5) is 0. The molecule has 0 unspecified atom stereocenters. The molecule has 0 aliphatic carbocycles. The first-order chi connectivity index (χ1) is 7.65. The predicted octanol–water partition coefficient (Wildman–Crippen LogP) is 3.14. The quantitative estimate of drug-likeness (QED) is 0.720. The van der Waals surface area contributed by atoms with Crippen molar-refractivity contribution in [3.63, 3.8) is 0 Å². The summed E-state index contributed by atoms with van der Waals surface area (Å²) < 4.78 is 0. The van der Waals surface area contributed by atoms with Gasteiger partial charge in [0, 0.05) is 18.8 Å². The van der Waals surface area contributed by atoms with Gasteiger partial charge in [-0.15, -0.1) is 0 Å². The lowest BCUT2D eigenvalue weighted by molar-refractivity contribution is 0.738. The first-order valence-corrected chi connectivity index (χ1v) is 6.20. The molecule has 0 spiro atoms. The second kappa shape index (κ2) is 6.54. The van der Waals surface area contributed by atoms with Gasteiger partial charge in [-0.2, -0.15) is 0 Å². The van der Waals surface area contributed by atoms with E-state index in [4.69, 9.17) is 0 Å². The van der Waals surface area contributed by atoms with Crippen LogP contribution in [0.4, 0.5) is 5.69 Å². The molecule has 1 rings (SSSR count). The second-order valence-electron chi connectivity index (χ2n) is 4.51. The number of rotatable bonds is 6. The highest BCUT2D eigenvalue weighted by Crippen LogP contribution is 2.21. The maximum atomic E-state index is 3.48. The molecule has 0 aromatic heterocycles. The summed E-state index contributed by atoms with van der Waals surface area (Å²) in [5.74, 6) is 0.593. The first-order valence-electron chi connectivity index (χ1n) is 6.20. The van der Waals surface area contributed by atoms with E-state index in [1.165, 1.54) is 16.8 Å². The highest BCUT2D eigenvalue weighted by atomic mass is 14.9. The summed E-state index contributed by atoms with van der Waals surface area (Å²) in [5, 5.41) is 6.79. The lowest BCUT2D eigenvalue weighted by Gasteiger charge is -2.13. The van der Waals surface area contributed by atoms with Crippen LogP contribution in [0, 0.1) is 6.92 Å². The molecule has 0 amide bonds. The average molecular weight is 220 g/mol. The molecule has 0 bridgehead atoms. The maximum Gasteiger partial charge on any atom is 0.0373 e. The van der Waals surface area contributed by atoms with Gasteiger partial charge in [-0.05, 0) is 36.6 Å². The number of nitrogens with one attached hydrogen (secondary N) is 2. The second-order valence-corrected chi connectivity index (χ2v) is 4.51. The zero-order chi connectivity index (χ0) is 12.0. The third-order valence-electron chi connectivity index (χ3n) is 2.80. The van der Waals surface area contributed by atoms with E-state index < -0.39 is 0 Å². The topological polar surface area (TPSA) is 24.1 Å². The molecule has 0 atom stereocenters. The molecule has 2 heteroatoms. The van der Waals surface area contributed by atoms with Crippen molar-refractivity contribution in [2.75, 3.05) is 25.0 Å². The Hall–Kier alpha value is -1.02. The fourth-order valence-electron chi connectivity index (χ4n) is 1.65. The van der Waals surface area contributed by atoms with E-state index in [0.717, 1.165) is 19.6 Å². The van der Waals surface area contributed by atoms with Gasteiger partial charge in [0.15, 0.2) is 0 Å². The van der Waals surface area contributed by atoms with Crippen LogP contribution >= 0.6 is 0 Å². The van der Waals surface area contributed by atoms with E-state index in [1.54, 1.807) is 0 Å². The number of aryl methyl sites for hydroxylation is 1. The molecule has 0 saturated carbocycles. The number of hydrogen-bond donors (Lipinski definition) is 2. The molecular formula is C14H24N2. The number of hydrogen-bond acceptors (Lipinski definition) is 2. The molecule has 90 valence electrons. The predicted molar refractivity (Wildman–Crippen MR) is 72.3 cm³/mol. The van der Waals surface area contributed by atoms with Crippen LogP contribution in [0.25, 0.3) is 0 Å². The van der Waals surface area contributed by atoms with Crippen LogP contribution in [0.1, 0.15) is 37.8 Å². The van der Waals surface area contributed by atoms with Gasteiger partial charge in [0.05, 0.1) is 0 Å². The van der Waals surface area contributed by atoms with Gasteiger partial charge in [0.25, 0.3) is 0 Å². The summed E-state index contributed by atoms with van der Waals surface area (Å²) in [5.41, 5.74) is 3.99. The standard InChI is InChI=1S/C14H24N2/c1-5-15-8-9-16-14-10-13(11(2)3)7-6-12(14)4/h6-7,10-11,15-16H,5,8-9H2,1-4H3. The zero-order valence-corrected chi connectivity index (χ0v) is 10.9. The Morgan fingerprint density at radius 2 is 1.94 bits per heavy atom. The monoisotopic (exact) mass is 220 g/mol. The van der Waals surface area contributed by atoms with E-state index in [0.29, 0.717) is 5.92 Å². The Morgan fingerprint density at radius 3 is 2.56 bits per heavy atom. The van der Waals surface area contributed by atoms with Crippen molar-refractivity contribution >= 4 is 5.69 Å². The minimum absolute atomic E-state index is 0.593. The van der Waals surface area contributed by atoms with Crippen molar-refractivity contribution in [1.29, 1.82) is 0 Å². The van der Waals surface area contributed by atoms with Crippen LogP contribution in [-0.2, 0) is 0 Å². The molecular weight excluding hydrogens is 196 g/mol. The minimum atomic E-state index is 0.593. The van der Waals surface area contributed by atoms with Gasteiger partial charge < -0.3 is 10.6 Å². The Bertz CT molecular complexity index is 319. The van der Waals surface area contributed by atoms with Gasteiger partial charge in [-0.1, -0.05) is 32.9 Å². The van der Waals surface area contributed by atoms with E-state index >= 15 is 0 Å². The van der Waals surface area contributed by atoms with Crippen LogP contribution < -0.4 is 10.6 Å². The van der Waals surface area contributed by atoms with Crippen LogP contribution in [0.2, 0.25) is 0 Å². The van der Waals surface area contributed by atoms with Crippen molar-refractivity contribution in [1.82, 2.24) is 5.32 Å². The lowest BCUT2D eigenvalue weighted by atomic mass is 10.0. The lowest BCUT2D eigenvalue weighted by Crippen LogP contribution is -2.21. The Kier molecular flexibility index (Phi) is 5.33. The Morgan fingerprint density at radius 1 is 1.19 bits per heavy atom. The van der Waals surface area contributed by atoms with Crippen molar-refractivity contribution in [2.45, 2.75) is 33.6 Å². The maximum absolute atomic E-state index is 3.48. The largest absolute Gasteiger partial charge is 0.384 e. The third-order valence-corrected chi connectivity index (χ3v) is 2.80. The fourth-order valence-corrected chi connectivity index (χ4v) is 1.65. The van der Waals surface area contributed by atoms with Crippen molar-refractivity contribution in [2.24, 2.45) is 0 Å². The van der Waals surface area contributed by atoms with Crippen molar-refractivity contribution in [3.8, 4) is 0 Å². The van der Waals surface area contributed by atoms with Gasteiger partial charge in [-0.25, -0.2) is 0 Å². The number of likely N-dealkylation sites (N-methyl/N-ethyl adjacent to an activating group) is 1.